The highest BCUT2D eigenvalue weighted by molar-refractivity contribution is 7.25. The first-order valence-electron chi connectivity index (χ1n) is 20.3. The standard InChI is InChI=1S/C54H31N5OS/c1-2-13-38-33(10-1)22-27-43-39-14-3-6-17-45(39)59(50(38)43)37-24-20-32(21-25-37)34-11-9-12-35(30-34)52-56-53(36-23-26-42-41-16-5-8-19-47(41)61-48(42)31-36)58-54(57-52)49-51-44(28-29-55-49)40-15-4-7-18-46(40)60-51/h1-31H. The van der Waals surface area contributed by atoms with Crippen molar-refractivity contribution < 1.29 is 4.42 Å². The molecule has 0 atom stereocenters. The third kappa shape index (κ3) is 5.34. The molecule has 0 aliphatic carbocycles. The first kappa shape index (κ1) is 33.9. The molecule has 0 aliphatic rings. The summed E-state index contributed by atoms with van der Waals surface area (Å²) < 4.78 is 11.3. The molecule has 0 fully saturated rings. The lowest BCUT2D eigenvalue weighted by Crippen LogP contribution is -2.01. The molecule has 0 aliphatic heterocycles. The lowest BCUT2D eigenvalue weighted by molar-refractivity contribution is 0.667. The average molecular weight is 798 g/mol. The summed E-state index contributed by atoms with van der Waals surface area (Å²) in [4.78, 5) is 20.2. The van der Waals surface area contributed by atoms with Crippen LogP contribution in [-0.4, -0.2) is 24.5 Å². The molecule has 6 nitrogen and oxygen atoms in total. The summed E-state index contributed by atoms with van der Waals surface area (Å²) in [5.74, 6) is 1.58. The minimum Gasteiger partial charge on any atom is -0.454 e. The number of hydrogen-bond acceptors (Lipinski definition) is 6. The summed E-state index contributed by atoms with van der Waals surface area (Å²) in [6.45, 7) is 0. The highest BCUT2D eigenvalue weighted by Crippen LogP contribution is 2.40. The summed E-state index contributed by atoms with van der Waals surface area (Å²) in [7, 11) is 0. The highest BCUT2D eigenvalue weighted by Gasteiger charge is 2.20. The van der Waals surface area contributed by atoms with Crippen molar-refractivity contribution in [1.29, 1.82) is 0 Å². The summed E-state index contributed by atoms with van der Waals surface area (Å²) in [5.41, 5.74) is 9.46. The van der Waals surface area contributed by atoms with Crippen LogP contribution in [0.1, 0.15) is 0 Å². The molecule has 0 saturated heterocycles. The van der Waals surface area contributed by atoms with Gasteiger partial charge in [-0.25, -0.2) is 19.9 Å². The number of hydrogen-bond donors (Lipinski definition) is 0. The van der Waals surface area contributed by atoms with Gasteiger partial charge in [0, 0.05) is 70.1 Å². The van der Waals surface area contributed by atoms with Gasteiger partial charge in [0.1, 0.15) is 5.58 Å². The van der Waals surface area contributed by atoms with Crippen molar-refractivity contribution in [2.24, 2.45) is 0 Å². The summed E-state index contributed by atoms with van der Waals surface area (Å²) >= 11 is 1.78. The number of aromatic nitrogens is 5. The van der Waals surface area contributed by atoms with E-state index in [4.69, 9.17) is 24.4 Å². The summed E-state index contributed by atoms with van der Waals surface area (Å²) in [6, 6.07) is 64.1. The second-order valence-corrected chi connectivity index (χ2v) is 16.5. The first-order chi connectivity index (χ1) is 30.2. The second kappa shape index (κ2) is 13.3. The second-order valence-electron chi connectivity index (χ2n) is 15.4. The molecule has 0 unspecified atom stereocenters. The van der Waals surface area contributed by atoms with Gasteiger partial charge in [-0.15, -0.1) is 11.3 Å². The summed E-state index contributed by atoms with van der Waals surface area (Å²) in [5, 5.41) is 9.41. The van der Waals surface area contributed by atoms with Gasteiger partial charge in [-0.1, -0.05) is 133 Å². The number of benzene rings is 8. The molecule has 5 aromatic heterocycles. The number of rotatable bonds is 5. The molecular weight excluding hydrogens is 767 g/mol. The zero-order valence-corrected chi connectivity index (χ0v) is 33.3. The Labute approximate surface area is 352 Å². The lowest BCUT2D eigenvalue weighted by Gasteiger charge is -2.12. The molecule has 61 heavy (non-hydrogen) atoms. The number of furan rings is 1. The van der Waals surface area contributed by atoms with Crippen LogP contribution in [-0.2, 0) is 0 Å². The molecule has 0 radical (unpaired) electrons. The van der Waals surface area contributed by atoms with Crippen molar-refractivity contribution in [1.82, 2.24) is 24.5 Å². The van der Waals surface area contributed by atoms with E-state index >= 15 is 0 Å². The first-order valence-corrected chi connectivity index (χ1v) is 21.1. The van der Waals surface area contributed by atoms with Crippen LogP contribution in [0.2, 0.25) is 0 Å². The minimum absolute atomic E-state index is 0.453. The number of fused-ring (bicyclic) bond motifs is 11. The van der Waals surface area contributed by atoms with Gasteiger partial charge in [-0.05, 0) is 65.0 Å². The Kier molecular flexibility index (Phi) is 7.37. The maximum absolute atomic E-state index is 6.44. The van der Waals surface area contributed by atoms with Crippen LogP contribution < -0.4 is 0 Å². The van der Waals surface area contributed by atoms with E-state index in [0.717, 1.165) is 44.3 Å². The normalized spacial score (nSPS) is 11.9. The van der Waals surface area contributed by atoms with Gasteiger partial charge >= 0.3 is 0 Å². The Morgan fingerprint density at radius 3 is 1.98 bits per heavy atom. The monoisotopic (exact) mass is 797 g/mol. The van der Waals surface area contributed by atoms with E-state index in [2.05, 4.69) is 162 Å². The SMILES string of the molecule is c1cc(-c2ccc(-n3c4ccccc4c4ccc5ccccc5c43)cc2)cc(-c2nc(-c3ccc4c(c3)sc3ccccc34)nc(-c3nccc4c3oc3ccccc34)n2)c1. The van der Waals surface area contributed by atoms with Crippen LogP contribution in [0.3, 0.4) is 0 Å². The van der Waals surface area contributed by atoms with E-state index in [9.17, 15) is 0 Å². The third-order valence-electron chi connectivity index (χ3n) is 11.9. The molecule has 0 amide bonds. The van der Waals surface area contributed by atoms with Gasteiger partial charge in [0.05, 0.1) is 11.0 Å². The fourth-order valence-corrected chi connectivity index (χ4v) is 10.2. The van der Waals surface area contributed by atoms with Gasteiger partial charge in [0.25, 0.3) is 0 Å². The van der Waals surface area contributed by atoms with Crippen molar-refractivity contribution in [2.75, 3.05) is 0 Å². The Hall–Kier alpha value is -8.00. The Bertz CT molecular complexity index is 3900. The number of thiophene rings is 1. The zero-order chi connectivity index (χ0) is 40.0. The molecule has 0 N–H and O–H groups in total. The van der Waals surface area contributed by atoms with Crippen molar-refractivity contribution >= 4 is 86.0 Å². The smallest absolute Gasteiger partial charge is 0.186 e. The van der Waals surface area contributed by atoms with E-state index in [0.29, 0.717) is 28.8 Å². The zero-order valence-electron chi connectivity index (χ0n) is 32.5. The van der Waals surface area contributed by atoms with Gasteiger partial charge in [-0.2, -0.15) is 0 Å². The Morgan fingerprint density at radius 1 is 0.426 bits per heavy atom. The van der Waals surface area contributed by atoms with Gasteiger partial charge in [-0.3, -0.25) is 0 Å². The molecule has 5 heterocycles. The number of nitrogens with zero attached hydrogens (tertiary/aromatic N) is 5. The largest absolute Gasteiger partial charge is 0.454 e. The maximum Gasteiger partial charge on any atom is 0.186 e. The predicted octanol–water partition coefficient (Wildman–Crippen LogP) is 14.5. The van der Waals surface area contributed by atoms with Crippen molar-refractivity contribution in [3.05, 3.63) is 188 Å². The molecule has 13 rings (SSSR count). The van der Waals surface area contributed by atoms with Crippen molar-refractivity contribution in [3.8, 4) is 51.1 Å². The van der Waals surface area contributed by atoms with Crippen LogP contribution in [0, 0.1) is 0 Å². The molecule has 0 bridgehead atoms. The fraction of sp³-hybridized carbons (Fsp3) is 0. The lowest BCUT2D eigenvalue weighted by atomic mass is 10.0. The van der Waals surface area contributed by atoms with E-state index < -0.39 is 0 Å². The van der Waals surface area contributed by atoms with Crippen LogP contribution in [0.5, 0.6) is 0 Å². The quantitative estimate of drug-likeness (QED) is 0.173. The van der Waals surface area contributed by atoms with Crippen LogP contribution >= 0.6 is 11.3 Å². The third-order valence-corrected chi connectivity index (χ3v) is 13.1. The summed E-state index contributed by atoms with van der Waals surface area (Å²) in [6.07, 6.45) is 1.80. The van der Waals surface area contributed by atoms with Gasteiger partial charge in [0.2, 0.25) is 0 Å². The minimum atomic E-state index is 0.453. The van der Waals surface area contributed by atoms with Crippen LogP contribution in [0.25, 0.3) is 126 Å². The molecular formula is C54H31N5OS. The van der Waals surface area contributed by atoms with E-state index in [1.165, 1.54) is 52.8 Å². The van der Waals surface area contributed by atoms with E-state index in [1.54, 1.807) is 17.5 Å². The van der Waals surface area contributed by atoms with Crippen molar-refractivity contribution in [3.63, 3.8) is 0 Å². The Morgan fingerprint density at radius 2 is 1.10 bits per heavy atom. The molecule has 8 aromatic carbocycles. The average Bonchev–Trinajstić information content (AvgIpc) is 4.01. The van der Waals surface area contributed by atoms with E-state index in [-0.39, 0.29) is 0 Å². The number of para-hydroxylation sites is 2. The Balaban J connectivity index is 0.949. The molecule has 0 spiro atoms. The van der Waals surface area contributed by atoms with Crippen LogP contribution in [0.15, 0.2) is 193 Å². The molecule has 13 aromatic rings. The fourth-order valence-electron chi connectivity index (χ4n) is 9.06. The van der Waals surface area contributed by atoms with Gasteiger partial charge in [0.15, 0.2) is 28.8 Å². The molecule has 284 valence electrons. The van der Waals surface area contributed by atoms with Crippen LogP contribution in [0.4, 0.5) is 0 Å². The highest BCUT2D eigenvalue weighted by atomic mass is 32.1. The maximum atomic E-state index is 6.44. The topological polar surface area (TPSA) is 69.6 Å². The van der Waals surface area contributed by atoms with E-state index in [1.807, 2.05) is 24.3 Å². The molecule has 7 heteroatoms. The van der Waals surface area contributed by atoms with Gasteiger partial charge < -0.3 is 8.98 Å². The predicted molar refractivity (Wildman–Crippen MR) is 251 cm³/mol. The van der Waals surface area contributed by atoms with Crippen molar-refractivity contribution in [2.45, 2.75) is 0 Å². The number of pyridine rings is 1. The molecule has 0 saturated carbocycles.